The van der Waals surface area contributed by atoms with Crippen LogP contribution in [0.1, 0.15) is 36.6 Å². The van der Waals surface area contributed by atoms with Crippen LogP contribution in [-0.2, 0) is 11.3 Å². The Morgan fingerprint density at radius 2 is 2.15 bits per heavy atom. The second kappa shape index (κ2) is 8.25. The molecule has 1 aliphatic rings. The summed E-state index contributed by atoms with van der Waals surface area (Å²) < 4.78 is 12.9. The van der Waals surface area contributed by atoms with Crippen molar-refractivity contribution in [3.63, 3.8) is 0 Å². The van der Waals surface area contributed by atoms with Crippen molar-refractivity contribution < 1.29 is 14.3 Å². The molecule has 1 amide bonds. The molecular weight excluding hydrogens is 330 g/mol. The topological polar surface area (TPSA) is 56.6 Å². The average molecular weight is 357 g/mol. The number of carbonyl (C=O) groups excluding carboxylic acids is 1. The molecule has 0 saturated carbocycles. The van der Waals surface area contributed by atoms with Crippen LogP contribution in [0.25, 0.3) is 0 Å². The zero-order valence-electron chi connectivity index (χ0n) is 15.8. The van der Waals surface area contributed by atoms with Gasteiger partial charge in [0.1, 0.15) is 17.3 Å². The third-order valence-corrected chi connectivity index (χ3v) is 5.13. The highest BCUT2D eigenvalue weighted by Gasteiger charge is 2.29. The van der Waals surface area contributed by atoms with Crippen molar-refractivity contribution in [3.8, 4) is 11.5 Å². The monoisotopic (exact) mass is 357 g/mol. The lowest BCUT2D eigenvalue weighted by Crippen LogP contribution is -2.28. The minimum absolute atomic E-state index is 0.229. The van der Waals surface area contributed by atoms with Crippen molar-refractivity contribution in [2.24, 2.45) is 0 Å². The predicted molar refractivity (Wildman–Crippen MR) is 99.7 cm³/mol. The van der Waals surface area contributed by atoms with Gasteiger partial charge in [0.2, 0.25) is 5.91 Å². The van der Waals surface area contributed by atoms with E-state index in [9.17, 15) is 4.79 Å². The van der Waals surface area contributed by atoms with Crippen molar-refractivity contribution >= 4 is 5.91 Å². The molecule has 140 valence electrons. The third-order valence-electron chi connectivity index (χ3n) is 5.13. The predicted octanol–water partition coefficient (Wildman–Crippen LogP) is 3.01. The lowest BCUT2D eigenvalue weighted by molar-refractivity contribution is -0.130. The number of amides is 1. The first-order valence-electron chi connectivity index (χ1n) is 9.09. The first-order valence-corrected chi connectivity index (χ1v) is 9.09. The summed E-state index contributed by atoms with van der Waals surface area (Å²) in [6.07, 6.45) is 6.11. The molecule has 1 atom stereocenters. The van der Waals surface area contributed by atoms with Crippen LogP contribution in [0.2, 0.25) is 0 Å². The molecule has 0 N–H and O–H groups in total. The molecule has 0 spiro atoms. The molecule has 6 nitrogen and oxygen atoms in total. The largest absolute Gasteiger partial charge is 0.497 e. The molecule has 2 heterocycles. The fourth-order valence-electron chi connectivity index (χ4n) is 3.60. The molecule has 0 unspecified atom stereocenters. The Balaban J connectivity index is 1.56. The normalized spacial score (nSPS) is 16.7. The maximum Gasteiger partial charge on any atom is 0.222 e. The summed E-state index contributed by atoms with van der Waals surface area (Å²) in [6, 6.07) is 5.86. The molecule has 1 saturated heterocycles. The summed E-state index contributed by atoms with van der Waals surface area (Å²) >= 11 is 0. The Morgan fingerprint density at radius 1 is 1.31 bits per heavy atom. The summed E-state index contributed by atoms with van der Waals surface area (Å²) in [5.41, 5.74) is 1.12. The lowest BCUT2D eigenvalue weighted by atomic mass is 9.97. The maximum absolute atomic E-state index is 12.6. The van der Waals surface area contributed by atoms with Crippen molar-refractivity contribution in [2.75, 3.05) is 27.3 Å². The number of benzene rings is 1. The molecule has 1 aromatic heterocycles. The van der Waals surface area contributed by atoms with E-state index in [0.29, 0.717) is 12.3 Å². The van der Waals surface area contributed by atoms with Crippen molar-refractivity contribution in [2.45, 2.75) is 38.6 Å². The van der Waals surface area contributed by atoms with Gasteiger partial charge in [0.15, 0.2) is 0 Å². The first kappa shape index (κ1) is 18.3. The van der Waals surface area contributed by atoms with E-state index in [2.05, 4.69) is 9.55 Å². The number of carbonyl (C=O) groups is 1. The minimum Gasteiger partial charge on any atom is -0.497 e. The Morgan fingerprint density at radius 3 is 2.85 bits per heavy atom. The SMILES string of the molecule is COc1ccc(OC)c([C@H]2CCN(C(=O)CCCn3ccnc3C)C2)c1. The lowest BCUT2D eigenvalue weighted by Gasteiger charge is -2.18. The van der Waals surface area contributed by atoms with Gasteiger partial charge in [0, 0.05) is 49.9 Å². The van der Waals surface area contributed by atoms with Crippen LogP contribution in [-0.4, -0.2) is 47.7 Å². The van der Waals surface area contributed by atoms with Gasteiger partial charge in [-0.05, 0) is 38.0 Å². The van der Waals surface area contributed by atoms with Gasteiger partial charge >= 0.3 is 0 Å². The van der Waals surface area contributed by atoms with E-state index in [1.807, 2.05) is 36.2 Å². The molecular formula is C20H27N3O3. The molecule has 1 fully saturated rings. The highest BCUT2D eigenvalue weighted by molar-refractivity contribution is 5.76. The molecule has 1 aromatic carbocycles. The Kier molecular flexibility index (Phi) is 5.81. The van der Waals surface area contributed by atoms with Crippen molar-refractivity contribution in [1.29, 1.82) is 0 Å². The van der Waals surface area contributed by atoms with Gasteiger partial charge < -0.3 is 18.9 Å². The average Bonchev–Trinajstić information content (AvgIpc) is 3.30. The minimum atomic E-state index is 0.229. The van der Waals surface area contributed by atoms with E-state index >= 15 is 0 Å². The van der Waals surface area contributed by atoms with Crippen LogP contribution in [0.3, 0.4) is 0 Å². The number of hydrogen-bond acceptors (Lipinski definition) is 4. The van der Waals surface area contributed by atoms with Gasteiger partial charge in [-0.25, -0.2) is 4.98 Å². The zero-order valence-corrected chi connectivity index (χ0v) is 15.8. The van der Waals surface area contributed by atoms with Crippen LogP contribution >= 0.6 is 0 Å². The molecule has 6 heteroatoms. The summed E-state index contributed by atoms with van der Waals surface area (Å²) in [6.45, 7) is 4.35. The van der Waals surface area contributed by atoms with E-state index < -0.39 is 0 Å². The van der Waals surface area contributed by atoms with Gasteiger partial charge in [0.05, 0.1) is 14.2 Å². The number of ether oxygens (including phenoxy) is 2. The Hall–Kier alpha value is -2.50. The van der Waals surface area contributed by atoms with E-state index in [0.717, 1.165) is 55.4 Å². The Bertz CT molecular complexity index is 757. The maximum atomic E-state index is 12.6. The highest BCUT2D eigenvalue weighted by atomic mass is 16.5. The van der Waals surface area contributed by atoms with Crippen LogP contribution in [0, 0.1) is 6.92 Å². The molecule has 0 aliphatic carbocycles. The molecule has 3 rings (SSSR count). The highest BCUT2D eigenvalue weighted by Crippen LogP contribution is 2.36. The molecule has 0 bridgehead atoms. The third kappa shape index (κ3) is 4.00. The number of hydrogen-bond donors (Lipinski definition) is 0. The van der Waals surface area contributed by atoms with Crippen LogP contribution in [0.4, 0.5) is 0 Å². The number of methoxy groups -OCH3 is 2. The van der Waals surface area contributed by atoms with Gasteiger partial charge in [-0.1, -0.05) is 0 Å². The molecule has 0 radical (unpaired) electrons. The van der Waals surface area contributed by atoms with Crippen molar-refractivity contribution in [1.82, 2.24) is 14.5 Å². The van der Waals surface area contributed by atoms with Gasteiger partial charge in [-0.3, -0.25) is 4.79 Å². The number of aromatic nitrogens is 2. The fraction of sp³-hybridized carbons (Fsp3) is 0.500. The summed E-state index contributed by atoms with van der Waals surface area (Å²) in [7, 11) is 3.35. The van der Waals surface area contributed by atoms with Crippen molar-refractivity contribution in [3.05, 3.63) is 42.0 Å². The smallest absolute Gasteiger partial charge is 0.222 e. The number of nitrogens with zero attached hydrogens (tertiary/aromatic N) is 3. The number of likely N-dealkylation sites (tertiary alicyclic amines) is 1. The first-order chi connectivity index (χ1) is 12.6. The van der Waals surface area contributed by atoms with Crippen LogP contribution in [0.15, 0.2) is 30.6 Å². The van der Waals surface area contributed by atoms with Crippen LogP contribution < -0.4 is 9.47 Å². The van der Waals surface area contributed by atoms with Gasteiger partial charge in [-0.2, -0.15) is 0 Å². The number of imidazole rings is 1. The summed E-state index contributed by atoms with van der Waals surface area (Å²) in [5, 5.41) is 0. The van der Waals surface area contributed by atoms with E-state index in [1.165, 1.54) is 0 Å². The van der Waals surface area contributed by atoms with E-state index in [4.69, 9.17) is 9.47 Å². The van der Waals surface area contributed by atoms with E-state index in [-0.39, 0.29) is 5.91 Å². The molecule has 26 heavy (non-hydrogen) atoms. The summed E-state index contributed by atoms with van der Waals surface area (Å²) in [4.78, 5) is 18.7. The standard InChI is InChI=1S/C20H27N3O3/c1-15-21-9-12-22(15)10-4-5-20(24)23-11-8-16(14-23)18-13-17(25-2)6-7-19(18)26-3/h6-7,9,12-13,16H,4-5,8,10-11,14H2,1-3H3/t16-/m0/s1. The van der Waals surface area contributed by atoms with Gasteiger partial charge in [-0.15, -0.1) is 0 Å². The second-order valence-electron chi connectivity index (χ2n) is 6.70. The van der Waals surface area contributed by atoms with Gasteiger partial charge in [0.25, 0.3) is 0 Å². The second-order valence-corrected chi connectivity index (χ2v) is 6.70. The summed E-state index contributed by atoms with van der Waals surface area (Å²) in [5.74, 6) is 3.19. The fourth-order valence-corrected chi connectivity index (χ4v) is 3.60. The quantitative estimate of drug-likeness (QED) is 0.764. The van der Waals surface area contributed by atoms with E-state index in [1.54, 1.807) is 20.4 Å². The number of rotatable bonds is 7. The number of aryl methyl sites for hydroxylation is 2. The molecule has 2 aromatic rings. The Labute approximate surface area is 154 Å². The van der Waals surface area contributed by atoms with Crippen LogP contribution in [0.5, 0.6) is 11.5 Å². The zero-order chi connectivity index (χ0) is 18.5. The molecule has 1 aliphatic heterocycles.